The zero-order valence-corrected chi connectivity index (χ0v) is 17.9. The Labute approximate surface area is 187 Å². The molecular formula is C21H22F2N6O2S. The quantitative estimate of drug-likeness (QED) is 0.518. The summed E-state index contributed by atoms with van der Waals surface area (Å²) in [5, 5.41) is 23.4. The number of benzene rings is 1. The van der Waals surface area contributed by atoms with E-state index in [9.17, 15) is 13.6 Å². The molecule has 8 nitrogen and oxygen atoms in total. The predicted molar refractivity (Wildman–Crippen MR) is 116 cm³/mol. The molecule has 1 aliphatic carbocycles. The lowest BCUT2D eigenvalue weighted by Crippen LogP contribution is -2.25. The minimum Gasteiger partial charge on any atom is -0.435 e. The first-order chi connectivity index (χ1) is 15.5. The summed E-state index contributed by atoms with van der Waals surface area (Å²) in [7, 11) is 0. The standard InChI is InChI=1S/C21H22F2N6O2S/c22-19(23)31-16-4-1-3-13(11-16)12-18(30)26-21-29-28-20(32-21)25-15-8-6-14(7-9-15)17-5-2-10-24-27-17/h1-5,10-11,14-15,19H,6-9,12H2,(H,25,28)(H,26,29,30). The molecule has 2 N–H and O–H groups in total. The van der Waals surface area contributed by atoms with Gasteiger partial charge in [0, 0.05) is 18.2 Å². The lowest BCUT2D eigenvalue weighted by molar-refractivity contribution is -0.115. The normalized spacial score (nSPS) is 18.3. The number of aromatic nitrogens is 4. The van der Waals surface area contributed by atoms with E-state index >= 15 is 0 Å². The molecule has 3 aromatic rings. The summed E-state index contributed by atoms with van der Waals surface area (Å²) in [6.45, 7) is -2.91. The number of hydrogen-bond donors (Lipinski definition) is 2. The van der Waals surface area contributed by atoms with Crippen molar-refractivity contribution in [2.45, 2.75) is 50.7 Å². The van der Waals surface area contributed by atoms with Crippen LogP contribution >= 0.6 is 11.3 Å². The zero-order valence-electron chi connectivity index (χ0n) is 17.1. The molecule has 168 valence electrons. The van der Waals surface area contributed by atoms with E-state index in [1.165, 1.54) is 23.5 Å². The largest absolute Gasteiger partial charge is 0.435 e. The first-order valence-corrected chi connectivity index (χ1v) is 11.1. The third-order valence-electron chi connectivity index (χ3n) is 5.23. The van der Waals surface area contributed by atoms with Crippen LogP contribution in [0.3, 0.4) is 0 Å². The fourth-order valence-electron chi connectivity index (χ4n) is 3.75. The number of carbonyl (C=O) groups is 1. The highest BCUT2D eigenvalue weighted by atomic mass is 32.1. The minimum absolute atomic E-state index is 0.00910. The van der Waals surface area contributed by atoms with Crippen LogP contribution in [0.2, 0.25) is 0 Å². The highest BCUT2D eigenvalue weighted by molar-refractivity contribution is 7.19. The summed E-state index contributed by atoms with van der Waals surface area (Å²) in [4.78, 5) is 12.3. The number of anilines is 2. The van der Waals surface area contributed by atoms with E-state index in [-0.39, 0.29) is 24.1 Å². The van der Waals surface area contributed by atoms with Crippen molar-refractivity contribution in [1.29, 1.82) is 0 Å². The second-order valence-electron chi connectivity index (χ2n) is 7.50. The van der Waals surface area contributed by atoms with Gasteiger partial charge in [0.2, 0.25) is 16.2 Å². The number of hydrogen-bond acceptors (Lipinski definition) is 8. The van der Waals surface area contributed by atoms with Gasteiger partial charge in [-0.2, -0.15) is 19.0 Å². The molecule has 0 unspecified atom stereocenters. The highest BCUT2D eigenvalue weighted by Gasteiger charge is 2.24. The second-order valence-corrected chi connectivity index (χ2v) is 8.48. The summed E-state index contributed by atoms with van der Waals surface area (Å²) in [6, 6.07) is 10.3. The summed E-state index contributed by atoms with van der Waals surface area (Å²) in [5.74, 6) is 0.128. The molecule has 11 heteroatoms. The van der Waals surface area contributed by atoms with Crippen LogP contribution < -0.4 is 15.4 Å². The molecule has 0 saturated heterocycles. The van der Waals surface area contributed by atoms with Gasteiger partial charge in [0.1, 0.15) is 5.75 Å². The van der Waals surface area contributed by atoms with Gasteiger partial charge in [0.25, 0.3) is 0 Å². The van der Waals surface area contributed by atoms with Crippen LogP contribution in [0.25, 0.3) is 0 Å². The van der Waals surface area contributed by atoms with E-state index in [0.29, 0.717) is 21.7 Å². The molecule has 1 aromatic carbocycles. The number of amides is 1. The number of nitrogens with one attached hydrogen (secondary N) is 2. The summed E-state index contributed by atoms with van der Waals surface area (Å²) >= 11 is 1.26. The molecule has 32 heavy (non-hydrogen) atoms. The molecule has 0 radical (unpaired) electrons. The molecule has 0 bridgehead atoms. The van der Waals surface area contributed by atoms with Gasteiger partial charge in [-0.05, 0) is 55.5 Å². The highest BCUT2D eigenvalue weighted by Crippen LogP contribution is 2.33. The molecule has 2 aromatic heterocycles. The fraction of sp³-hybridized carbons (Fsp3) is 0.381. The lowest BCUT2D eigenvalue weighted by Gasteiger charge is -2.28. The third kappa shape index (κ3) is 6.16. The van der Waals surface area contributed by atoms with Crippen molar-refractivity contribution in [3.8, 4) is 5.75 Å². The molecule has 2 heterocycles. The Hall–Kier alpha value is -3.21. The van der Waals surface area contributed by atoms with Crippen LogP contribution in [0.1, 0.15) is 42.9 Å². The van der Waals surface area contributed by atoms with Crippen molar-refractivity contribution < 1.29 is 18.3 Å². The smallest absolute Gasteiger partial charge is 0.387 e. The first kappa shape index (κ1) is 22.0. The van der Waals surface area contributed by atoms with Gasteiger partial charge in [-0.3, -0.25) is 4.79 Å². The minimum atomic E-state index is -2.91. The molecule has 1 saturated carbocycles. The number of rotatable bonds is 8. The SMILES string of the molecule is O=C(Cc1cccc(OC(F)F)c1)Nc1nnc(NC2CCC(c3cccnn3)CC2)s1. The monoisotopic (exact) mass is 460 g/mol. The van der Waals surface area contributed by atoms with Crippen molar-refractivity contribution in [3.05, 3.63) is 53.9 Å². The van der Waals surface area contributed by atoms with Crippen molar-refractivity contribution in [3.63, 3.8) is 0 Å². The van der Waals surface area contributed by atoms with E-state index in [1.54, 1.807) is 18.3 Å². The van der Waals surface area contributed by atoms with Crippen LogP contribution in [0, 0.1) is 0 Å². The molecule has 0 aliphatic heterocycles. The van der Waals surface area contributed by atoms with Crippen molar-refractivity contribution in [1.82, 2.24) is 20.4 Å². The third-order valence-corrected chi connectivity index (χ3v) is 6.00. The average Bonchev–Trinajstić information content (AvgIpc) is 3.21. The predicted octanol–water partition coefficient (Wildman–Crippen LogP) is 4.25. The van der Waals surface area contributed by atoms with E-state index in [2.05, 4.69) is 35.8 Å². The topological polar surface area (TPSA) is 102 Å². The average molecular weight is 461 g/mol. The maximum absolute atomic E-state index is 12.3. The Bertz CT molecular complexity index is 1030. The Kier molecular flexibility index (Phi) is 7.15. The number of alkyl halides is 2. The molecule has 1 aliphatic rings. The number of carbonyl (C=O) groups excluding carboxylic acids is 1. The van der Waals surface area contributed by atoms with Gasteiger partial charge < -0.3 is 15.4 Å². The van der Waals surface area contributed by atoms with Gasteiger partial charge in [0.05, 0.1) is 12.1 Å². The lowest BCUT2D eigenvalue weighted by atomic mass is 9.84. The van der Waals surface area contributed by atoms with E-state index in [0.717, 1.165) is 31.4 Å². The Morgan fingerprint density at radius 2 is 1.91 bits per heavy atom. The number of ether oxygens (including phenoxy) is 1. The van der Waals surface area contributed by atoms with Gasteiger partial charge in [-0.25, -0.2) is 0 Å². The first-order valence-electron chi connectivity index (χ1n) is 10.3. The molecule has 0 spiro atoms. The Morgan fingerprint density at radius 3 is 2.66 bits per heavy atom. The fourth-order valence-corrected chi connectivity index (χ4v) is 4.49. The maximum atomic E-state index is 12.3. The maximum Gasteiger partial charge on any atom is 0.387 e. The molecule has 4 rings (SSSR count). The van der Waals surface area contributed by atoms with Crippen molar-refractivity contribution in [2.75, 3.05) is 10.6 Å². The second kappa shape index (κ2) is 10.4. The zero-order chi connectivity index (χ0) is 22.3. The summed E-state index contributed by atoms with van der Waals surface area (Å²) in [5.41, 5.74) is 1.60. The van der Waals surface area contributed by atoms with Gasteiger partial charge >= 0.3 is 6.61 Å². The van der Waals surface area contributed by atoms with Crippen molar-refractivity contribution in [2.24, 2.45) is 0 Å². The van der Waals surface area contributed by atoms with E-state index in [1.807, 2.05) is 12.1 Å². The van der Waals surface area contributed by atoms with E-state index < -0.39 is 6.61 Å². The van der Waals surface area contributed by atoms with Crippen LogP contribution in [0.15, 0.2) is 42.6 Å². The molecular weight excluding hydrogens is 438 g/mol. The Balaban J connectivity index is 1.25. The molecule has 1 amide bonds. The van der Waals surface area contributed by atoms with Crippen LogP contribution in [-0.4, -0.2) is 39.0 Å². The molecule has 1 fully saturated rings. The van der Waals surface area contributed by atoms with E-state index in [4.69, 9.17) is 0 Å². The molecule has 0 atom stereocenters. The Morgan fingerprint density at radius 1 is 1.09 bits per heavy atom. The van der Waals surface area contributed by atoms with Gasteiger partial charge in [-0.15, -0.1) is 10.2 Å². The van der Waals surface area contributed by atoms with Gasteiger partial charge in [-0.1, -0.05) is 23.5 Å². The van der Waals surface area contributed by atoms with Crippen molar-refractivity contribution >= 4 is 27.5 Å². The van der Waals surface area contributed by atoms with Gasteiger partial charge in [0.15, 0.2) is 0 Å². The van der Waals surface area contributed by atoms with Crippen LogP contribution in [0.4, 0.5) is 19.0 Å². The summed E-state index contributed by atoms with van der Waals surface area (Å²) < 4.78 is 29.0. The van der Waals surface area contributed by atoms with Crippen LogP contribution in [-0.2, 0) is 11.2 Å². The van der Waals surface area contributed by atoms with Crippen LogP contribution in [0.5, 0.6) is 5.75 Å². The number of nitrogens with zero attached hydrogens (tertiary/aromatic N) is 4. The number of halogens is 2. The summed E-state index contributed by atoms with van der Waals surface area (Å²) in [6.07, 6.45) is 5.70.